The number of carbonyl (C=O) groups excluding carboxylic acids is 1. The number of fused-ring (bicyclic) bond motifs is 1. The molecule has 0 radical (unpaired) electrons. The number of nitrogens with zero attached hydrogens (tertiary/aromatic N) is 1. The smallest absolute Gasteiger partial charge is 0.243 e. The zero-order valence-electron chi connectivity index (χ0n) is 14.5. The lowest BCUT2D eigenvalue weighted by atomic mass is 10.1. The molecule has 2 aromatic carbocycles. The van der Waals surface area contributed by atoms with Gasteiger partial charge in [0.25, 0.3) is 0 Å². The Labute approximate surface area is 148 Å². The normalized spacial score (nSPS) is 17.1. The molecule has 1 aliphatic rings. The number of hydrogen-bond acceptors (Lipinski definition) is 3. The Bertz CT molecular complexity index is 744. The van der Waals surface area contributed by atoms with Crippen LogP contribution in [0.4, 0.5) is 11.4 Å². The Balaban J connectivity index is 1.75. The lowest BCUT2D eigenvalue weighted by Crippen LogP contribution is -2.34. The summed E-state index contributed by atoms with van der Waals surface area (Å²) >= 11 is 1.90. The summed E-state index contributed by atoms with van der Waals surface area (Å²) in [5, 5.41) is 3.64. The van der Waals surface area contributed by atoms with Gasteiger partial charge in [-0.3, -0.25) is 4.79 Å². The number of benzene rings is 2. The minimum absolute atomic E-state index is 0.0399. The fourth-order valence-electron chi connectivity index (χ4n) is 2.97. The SMILES string of the molecule is Cc1cccc(NC(=O)CN2CC[C@@H](C)Sc3ccccc32)c1C. The average Bonchev–Trinajstić information content (AvgIpc) is 2.71. The second-order valence-electron chi connectivity index (χ2n) is 6.40. The molecule has 0 saturated heterocycles. The van der Waals surface area contributed by atoms with Crippen LogP contribution in [0.25, 0.3) is 0 Å². The van der Waals surface area contributed by atoms with Crippen LogP contribution in [0.5, 0.6) is 0 Å². The Morgan fingerprint density at radius 2 is 2.00 bits per heavy atom. The predicted molar refractivity (Wildman–Crippen MR) is 103 cm³/mol. The van der Waals surface area contributed by atoms with Crippen molar-refractivity contribution in [3.8, 4) is 0 Å². The summed E-state index contributed by atoms with van der Waals surface area (Å²) in [5.74, 6) is 0.0399. The zero-order valence-corrected chi connectivity index (χ0v) is 15.3. The minimum Gasteiger partial charge on any atom is -0.361 e. The van der Waals surface area contributed by atoms with Gasteiger partial charge in [0.1, 0.15) is 0 Å². The topological polar surface area (TPSA) is 32.3 Å². The van der Waals surface area contributed by atoms with Crippen LogP contribution in [0.15, 0.2) is 47.4 Å². The quantitative estimate of drug-likeness (QED) is 0.884. The van der Waals surface area contributed by atoms with Crippen LogP contribution in [0, 0.1) is 13.8 Å². The number of aryl methyl sites for hydroxylation is 1. The van der Waals surface area contributed by atoms with Gasteiger partial charge in [0, 0.05) is 22.4 Å². The molecule has 1 atom stereocenters. The highest BCUT2D eigenvalue weighted by atomic mass is 32.2. The van der Waals surface area contributed by atoms with Gasteiger partial charge < -0.3 is 10.2 Å². The second-order valence-corrected chi connectivity index (χ2v) is 7.88. The van der Waals surface area contributed by atoms with E-state index in [1.54, 1.807) is 0 Å². The van der Waals surface area contributed by atoms with E-state index < -0.39 is 0 Å². The van der Waals surface area contributed by atoms with Gasteiger partial charge in [0.05, 0.1) is 12.2 Å². The highest BCUT2D eigenvalue weighted by Crippen LogP contribution is 2.37. The minimum atomic E-state index is 0.0399. The third-order valence-corrected chi connectivity index (χ3v) is 5.79. The lowest BCUT2D eigenvalue weighted by Gasteiger charge is -2.24. The summed E-state index contributed by atoms with van der Waals surface area (Å²) in [6.45, 7) is 7.66. The molecule has 0 aliphatic carbocycles. The molecule has 0 unspecified atom stereocenters. The average molecular weight is 340 g/mol. The molecule has 3 nitrogen and oxygen atoms in total. The Morgan fingerprint density at radius 1 is 1.21 bits per heavy atom. The molecule has 0 aromatic heterocycles. The maximum atomic E-state index is 12.6. The van der Waals surface area contributed by atoms with Gasteiger partial charge in [-0.05, 0) is 49.6 Å². The van der Waals surface area contributed by atoms with Crippen LogP contribution >= 0.6 is 11.8 Å². The molecule has 0 spiro atoms. The van der Waals surface area contributed by atoms with Crippen molar-refractivity contribution < 1.29 is 4.79 Å². The summed E-state index contributed by atoms with van der Waals surface area (Å²) < 4.78 is 0. The van der Waals surface area contributed by atoms with Crippen LogP contribution < -0.4 is 10.2 Å². The van der Waals surface area contributed by atoms with Crippen molar-refractivity contribution in [2.24, 2.45) is 0 Å². The molecule has 126 valence electrons. The molecular formula is C20H24N2OS. The fourth-order valence-corrected chi connectivity index (χ4v) is 4.10. The number of amides is 1. The predicted octanol–water partition coefficient (Wildman–Crippen LogP) is 4.63. The third-order valence-electron chi connectivity index (χ3n) is 4.55. The number of anilines is 2. The number of nitrogens with one attached hydrogen (secondary N) is 1. The monoisotopic (exact) mass is 340 g/mol. The van der Waals surface area contributed by atoms with Gasteiger partial charge in [0.2, 0.25) is 5.91 Å². The molecule has 3 rings (SSSR count). The molecular weight excluding hydrogens is 316 g/mol. The Morgan fingerprint density at radius 3 is 2.83 bits per heavy atom. The molecule has 1 heterocycles. The maximum absolute atomic E-state index is 12.6. The summed E-state index contributed by atoms with van der Waals surface area (Å²) in [6.07, 6.45) is 1.08. The number of thioether (sulfide) groups is 1. The molecule has 4 heteroatoms. The van der Waals surface area contributed by atoms with E-state index in [1.807, 2.05) is 36.9 Å². The molecule has 0 bridgehead atoms. The molecule has 2 aromatic rings. The van der Waals surface area contributed by atoms with E-state index in [0.29, 0.717) is 11.8 Å². The lowest BCUT2D eigenvalue weighted by molar-refractivity contribution is -0.115. The second kappa shape index (κ2) is 7.31. The first-order chi connectivity index (χ1) is 11.5. The van der Waals surface area contributed by atoms with Crippen LogP contribution in [0.3, 0.4) is 0 Å². The van der Waals surface area contributed by atoms with Gasteiger partial charge in [-0.1, -0.05) is 31.2 Å². The van der Waals surface area contributed by atoms with Gasteiger partial charge in [-0.15, -0.1) is 11.8 Å². The van der Waals surface area contributed by atoms with Gasteiger partial charge in [0.15, 0.2) is 0 Å². The first-order valence-corrected chi connectivity index (χ1v) is 9.29. The first-order valence-electron chi connectivity index (χ1n) is 8.41. The van der Waals surface area contributed by atoms with Gasteiger partial charge >= 0.3 is 0 Å². The van der Waals surface area contributed by atoms with E-state index in [2.05, 4.69) is 48.3 Å². The van der Waals surface area contributed by atoms with Crippen molar-refractivity contribution in [2.75, 3.05) is 23.3 Å². The Hall–Kier alpha value is -1.94. The van der Waals surface area contributed by atoms with Crippen LogP contribution in [-0.4, -0.2) is 24.2 Å². The van der Waals surface area contributed by atoms with Crippen molar-refractivity contribution in [2.45, 2.75) is 37.3 Å². The molecule has 1 N–H and O–H groups in total. The molecule has 1 amide bonds. The highest BCUT2D eigenvalue weighted by Gasteiger charge is 2.21. The van der Waals surface area contributed by atoms with Crippen LogP contribution in [-0.2, 0) is 4.79 Å². The number of hydrogen-bond donors (Lipinski definition) is 1. The van der Waals surface area contributed by atoms with E-state index in [9.17, 15) is 4.79 Å². The van der Waals surface area contributed by atoms with E-state index in [4.69, 9.17) is 0 Å². The maximum Gasteiger partial charge on any atom is 0.243 e. The van der Waals surface area contributed by atoms with Gasteiger partial charge in [-0.25, -0.2) is 0 Å². The van der Waals surface area contributed by atoms with E-state index >= 15 is 0 Å². The van der Waals surface area contributed by atoms with Crippen LogP contribution in [0.2, 0.25) is 0 Å². The molecule has 1 aliphatic heterocycles. The Kier molecular flexibility index (Phi) is 5.14. The summed E-state index contributed by atoms with van der Waals surface area (Å²) in [5.41, 5.74) is 4.40. The fraction of sp³-hybridized carbons (Fsp3) is 0.350. The van der Waals surface area contributed by atoms with Crippen molar-refractivity contribution in [3.05, 3.63) is 53.6 Å². The number of rotatable bonds is 3. The van der Waals surface area contributed by atoms with Gasteiger partial charge in [-0.2, -0.15) is 0 Å². The highest BCUT2D eigenvalue weighted by molar-refractivity contribution is 8.00. The van der Waals surface area contributed by atoms with Crippen molar-refractivity contribution in [1.29, 1.82) is 0 Å². The third kappa shape index (κ3) is 3.75. The largest absolute Gasteiger partial charge is 0.361 e. The number of para-hydroxylation sites is 1. The first kappa shape index (κ1) is 16.9. The summed E-state index contributed by atoms with van der Waals surface area (Å²) in [6, 6.07) is 14.4. The zero-order chi connectivity index (χ0) is 17.1. The molecule has 0 fully saturated rings. The summed E-state index contributed by atoms with van der Waals surface area (Å²) in [7, 11) is 0. The standard InChI is InChI=1S/C20H24N2OS/c1-14-7-6-8-17(16(14)3)21-20(23)13-22-12-11-15(2)24-19-10-5-4-9-18(19)22/h4-10,15H,11-13H2,1-3H3,(H,21,23)/t15-/m1/s1. The van der Waals surface area contributed by atoms with Crippen molar-refractivity contribution >= 4 is 29.0 Å². The van der Waals surface area contributed by atoms with E-state index in [-0.39, 0.29) is 5.91 Å². The number of carbonyl (C=O) groups is 1. The van der Waals surface area contributed by atoms with Crippen molar-refractivity contribution in [1.82, 2.24) is 0 Å². The molecule has 24 heavy (non-hydrogen) atoms. The van der Waals surface area contributed by atoms with Crippen molar-refractivity contribution in [3.63, 3.8) is 0 Å². The van der Waals surface area contributed by atoms with Crippen LogP contribution in [0.1, 0.15) is 24.5 Å². The van der Waals surface area contributed by atoms with E-state index in [0.717, 1.165) is 24.2 Å². The summed E-state index contributed by atoms with van der Waals surface area (Å²) in [4.78, 5) is 16.1. The van der Waals surface area contributed by atoms with E-state index in [1.165, 1.54) is 16.1 Å². The molecule has 0 saturated carbocycles.